The molecule has 16 heavy (non-hydrogen) atoms. The van der Waals surface area contributed by atoms with E-state index in [1.807, 2.05) is 25.1 Å². The average Bonchev–Trinajstić information content (AvgIpc) is 2.69. The van der Waals surface area contributed by atoms with E-state index in [9.17, 15) is 4.79 Å². The number of nitrogens with zero attached hydrogens (tertiary/aromatic N) is 1. The summed E-state index contributed by atoms with van der Waals surface area (Å²) in [4.78, 5) is 17.4. The van der Waals surface area contributed by atoms with Gasteiger partial charge in [-0.1, -0.05) is 17.7 Å². The van der Waals surface area contributed by atoms with Gasteiger partial charge < -0.3 is 0 Å². The van der Waals surface area contributed by atoms with E-state index in [2.05, 4.69) is 6.07 Å². The molecule has 1 aromatic heterocycles. The van der Waals surface area contributed by atoms with Gasteiger partial charge in [0.15, 0.2) is 0 Å². The van der Waals surface area contributed by atoms with Gasteiger partial charge in [-0.2, -0.15) is 0 Å². The van der Waals surface area contributed by atoms with Crippen LogP contribution in [0.1, 0.15) is 15.2 Å². The first kappa shape index (κ1) is 11.1. The maximum absolute atomic E-state index is 11.8. The summed E-state index contributed by atoms with van der Waals surface area (Å²) in [5, 5.41) is 2.34. The number of thiophene rings is 1. The lowest BCUT2D eigenvalue weighted by Gasteiger charge is -2.11. The second-order valence-electron chi connectivity index (χ2n) is 3.64. The van der Waals surface area contributed by atoms with Crippen LogP contribution in [0.3, 0.4) is 0 Å². The van der Waals surface area contributed by atoms with E-state index in [1.54, 1.807) is 7.05 Å². The molecule has 0 aliphatic heterocycles. The standard InChI is InChI=1S/C12H13NO2S/c1-8-4-5-10-9(6-8)7-11(16-10)12(14)13(2)15-3/h4-7H,1-3H3. The topological polar surface area (TPSA) is 29.5 Å². The summed E-state index contributed by atoms with van der Waals surface area (Å²) < 4.78 is 1.12. The molecule has 2 rings (SSSR count). The lowest BCUT2D eigenvalue weighted by atomic mass is 10.2. The van der Waals surface area contributed by atoms with Crippen molar-refractivity contribution in [3.63, 3.8) is 0 Å². The van der Waals surface area contributed by atoms with Gasteiger partial charge in [-0.05, 0) is 24.4 Å². The third-order valence-corrected chi connectivity index (χ3v) is 3.55. The zero-order valence-corrected chi connectivity index (χ0v) is 10.3. The molecule has 1 aromatic carbocycles. The largest absolute Gasteiger partial charge is 0.287 e. The number of hydroxylamine groups is 2. The van der Waals surface area contributed by atoms with Crippen LogP contribution in [-0.4, -0.2) is 25.1 Å². The van der Waals surface area contributed by atoms with Crippen molar-refractivity contribution < 1.29 is 9.63 Å². The lowest BCUT2D eigenvalue weighted by Crippen LogP contribution is -2.24. The average molecular weight is 235 g/mol. The van der Waals surface area contributed by atoms with Gasteiger partial charge in [-0.25, -0.2) is 5.06 Å². The zero-order valence-electron chi connectivity index (χ0n) is 9.48. The van der Waals surface area contributed by atoms with E-state index >= 15 is 0 Å². The van der Waals surface area contributed by atoms with E-state index in [1.165, 1.54) is 29.1 Å². The van der Waals surface area contributed by atoms with Crippen molar-refractivity contribution in [3.8, 4) is 0 Å². The van der Waals surface area contributed by atoms with Crippen LogP contribution in [0.25, 0.3) is 10.1 Å². The van der Waals surface area contributed by atoms with Crippen molar-refractivity contribution >= 4 is 27.3 Å². The number of aryl methyl sites for hydroxylation is 1. The van der Waals surface area contributed by atoms with Crippen LogP contribution in [0.4, 0.5) is 0 Å². The Morgan fingerprint density at radius 1 is 1.38 bits per heavy atom. The van der Waals surface area contributed by atoms with Crippen LogP contribution in [0.5, 0.6) is 0 Å². The normalized spacial score (nSPS) is 10.7. The fourth-order valence-electron chi connectivity index (χ4n) is 1.51. The van der Waals surface area contributed by atoms with E-state index < -0.39 is 0 Å². The van der Waals surface area contributed by atoms with Gasteiger partial charge in [-0.3, -0.25) is 9.63 Å². The minimum Gasteiger partial charge on any atom is -0.274 e. The highest BCUT2D eigenvalue weighted by molar-refractivity contribution is 7.20. The molecule has 0 aliphatic carbocycles. The SMILES string of the molecule is CON(C)C(=O)c1cc2cc(C)ccc2s1. The Bertz CT molecular complexity index is 533. The smallest absolute Gasteiger partial charge is 0.274 e. The monoisotopic (exact) mass is 235 g/mol. The zero-order chi connectivity index (χ0) is 11.7. The van der Waals surface area contributed by atoms with Gasteiger partial charge in [0, 0.05) is 11.7 Å². The third-order valence-electron chi connectivity index (χ3n) is 2.44. The molecule has 0 unspecified atom stereocenters. The molecule has 3 nitrogen and oxygen atoms in total. The Kier molecular flexibility index (Phi) is 2.94. The molecule has 0 fully saturated rings. The molecule has 2 aromatic rings. The van der Waals surface area contributed by atoms with Gasteiger partial charge in [0.1, 0.15) is 0 Å². The molecule has 0 bridgehead atoms. The lowest BCUT2D eigenvalue weighted by molar-refractivity contribution is -0.0753. The molecule has 1 amide bonds. The Morgan fingerprint density at radius 2 is 2.12 bits per heavy atom. The highest BCUT2D eigenvalue weighted by atomic mass is 32.1. The summed E-state index contributed by atoms with van der Waals surface area (Å²) in [5.74, 6) is -0.110. The molecule has 0 saturated heterocycles. The molecule has 4 heteroatoms. The van der Waals surface area contributed by atoms with Crippen LogP contribution in [0.2, 0.25) is 0 Å². The van der Waals surface area contributed by atoms with Crippen LogP contribution < -0.4 is 0 Å². The molecule has 0 radical (unpaired) electrons. The number of carbonyl (C=O) groups excluding carboxylic acids is 1. The van der Waals surface area contributed by atoms with Crippen molar-refractivity contribution in [1.82, 2.24) is 5.06 Å². The second kappa shape index (κ2) is 4.23. The summed E-state index contributed by atoms with van der Waals surface area (Å²) >= 11 is 1.49. The quantitative estimate of drug-likeness (QED) is 0.749. The van der Waals surface area contributed by atoms with Crippen LogP contribution in [0, 0.1) is 6.92 Å². The molecule has 1 heterocycles. The summed E-state index contributed by atoms with van der Waals surface area (Å²) in [6.45, 7) is 2.04. The van der Waals surface area contributed by atoms with E-state index in [0.717, 1.165) is 10.1 Å². The summed E-state index contributed by atoms with van der Waals surface area (Å²) in [5.41, 5.74) is 1.20. The number of amides is 1. The van der Waals surface area contributed by atoms with E-state index in [-0.39, 0.29) is 5.91 Å². The first-order chi connectivity index (χ1) is 7.61. The summed E-state index contributed by atoms with van der Waals surface area (Å²) in [6, 6.07) is 8.08. The highest BCUT2D eigenvalue weighted by Gasteiger charge is 2.14. The Hall–Kier alpha value is -1.39. The van der Waals surface area contributed by atoms with Crippen molar-refractivity contribution in [3.05, 3.63) is 34.7 Å². The predicted molar refractivity (Wildman–Crippen MR) is 65.7 cm³/mol. The number of fused-ring (bicyclic) bond motifs is 1. The molecular weight excluding hydrogens is 222 g/mol. The number of hydrogen-bond acceptors (Lipinski definition) is 3. The van der Waals surface area contributed by atoms with Crippen molar-refractivity contribution in [2.45, 2.75) is 6.92 Å². The number of hydrogen-bond donors (Lipinski definition) is 0. The number of benzene rings is 1. The molecule has 0 atom stereocenters. The first-order valence-electron chi connectivity index (χ1n) is 4.94. The van der Waals surface area contributed by atoms with Gasteiger partial charge >= 0.3 is 0 Å². The minimum absolute atomic E-state index is 0.110. The van der Waals surface area contributed by atoms with Gasteiger partial charge in [0.25, 0.3) is 5.91 Å². The summed E-state index contributed by atoms with van der Waals surface area (Å²) in [6.07, 6.45) is 0. The molecule has 0 aliphatic rings. The van der Waals surface area contributed by atoms with Crippen molar-refractivity contribution in [1.29, 1.82) is 0 Å². The van der Waals surface area contributed by atoms with Crippen molar-refractivity contribution in [2.24, 2.45) is 0 Å². The maximum atomic E-state index is 11.8. The predicted octanol–water partition coefficient (Wildman–Crippen LogP) is 2.84. The molecule has 0 spiro atoms. The Morgan fingerprint density at radius 3 is 2.81 bits per heavy atom. The third kappa shape index (κ3) is 1.94. The number of carbonyl (C=O) groups is 1. The number of rotatable bonds is 2. The fraction of sp³-hybridized carbons (Fsp3) is 0.250. The van der Waals surface area contributed by atoms with Gasteiger partial charge in [0.05, 0.1) is 12.0 Å². The van der Waals surface area contributed by atoms with E-state index in [4.69, 9.17) is 4.84 Å². The molecule has 0 N–H and O–H groups in total. The maximum Gasteiger partial charge on any atom is 0.287 e. The van der Waals surface area contributed by atoms with Crippen molar-refractivity contribution in [2.75, 3.05) is 14.2 Å². The van der Waals surface area contributed by atoms with Gasteiger partial charge in [0.2, 0.25) is 0 Å². The molecular formula is C12H13NO2S. The van der Waals surface area contributed by atoms with Crippen LogP contribution in [0.15, 0.2) is 24.3 Å². The van der Waals surface area contributed by atoms with Gasteiger partial charge in [-0.15, -0.1) is 11.3 Å². The summed E-state index contributed by atoms with van der Waals surface area (Å²) in [7, 11) is 3.09. The van der Waals surface area contributed by atoms with E-state index in [0.29, 0.717) is 4.88 Å². The Balaban J connectivity index is 2.43. The minimum atomic E-state index is -0.110. The highest BCUT2D eigenvalue weighted by Crippen LogP contribution is 2.27. The first-order valence-corrected chi connectivity index (χ1v) is 5.76. The second-order valence-corrected chi connectivity index (χ2v) is 4.72. The van der Waals surface area contributed by atoms with Crippen LogP contribution in [-0.2, 0) is 4.84 Å². The molecule has 84 valence electrons. The fourth-order valence-corrected chi connectivity index (χ4v) is 2.52. The Labute approximate surface area is 98.2 Å². The molecule has 0 saturated carbocycles. The van der Waals surface area contributed by atoms with Crippen LogP contribution >= 0.6 is 11.3 Å².